The highest BCUT2D eigenvalue weighted by atomic mass is 16.6. The first kappa shape index (κ1) is 25.1. The molecule has 0 heterocycles. The average Bonchev–Trinajstić information content (AvgIpc) is 2.71. The summed E-state index contributed by atoms with van der Waals surface area (Å²) in [4.78, 5) is 48.8. The molecule has 0 spiro atoms. The predicted octanol–water partition coefficient (Wildman–Crippen LogP) is 2.26. The van der Waals surface area contributed by atoms with Crippen LogP contribution in [0.1, 0.15) is 38.8 Å². The first-order valence-electron chi connectivity index (χ1n) is 10.1. The summed E-state index contributed by atoms with van der Waals surface area (Å²) in [6.45, 7) is 7.23. The number of rotatable bonds is 12. The Morgan fingerprint density at radius 3 is 1.20 bits per heavy atom. The van der Waals surface area contributed by atoms with Crippen LogP contribution < -0.4 is 0 Å². The molecule has 166 valence electrons. The van der Waals surface area contributed by atoms with Crippen molar-refractivity contribution in [2.45, 2.75) is 40.5 Å². The molecule has 0 saturated heterocycles. The van der Waals surface area contributed by atoms with Gasteiger partial charge in [0.1, 0.15) is 0 Å². The summed E-state index contributed by atoms with van der Waals surface area (Å²) in [6.07, 6.45) is 0.157. The van der Waals surface area contributed by atoms with E-state index < -0.39 is 35.7 Å². The summed E-state index contributed by atoms with van der Waals surface area (Å²) in [5, 5.41) is 0. The number of carbonyl (C=O) groups is 4. The van der Waals surface area contributed by atoms with Crippen molar-refractivity contribution in [2.75, 3.05) is 26.4 Å². The third-order valence-corrected chi connectivity index (χ3v) is 4.16. The minimum atomic E-state index is -1.09. The van der Waals surface area contributed by atoms with Crippen LogP contribution in [0.15, 0.2) is 24.3 Å². The minimum absolute atomic E-state index is 0.0784. The summed E-state index contributed by atoms with van der Waals surface area (Å²) in [7, 11) is 0. The highest BCUT2D eigenvalue weighted by Gasteiger charge is 2.31. The molecule has 0 saturated carbocycles. The maximum Gasteiger partial charge on any atom is 0.320 e. The van der Waals surface area contributed by atoms with E-state index in [4.69, 9.17) is 18.9 Å². The molecule has 0 radical (unpaired) electrons. The fourth-order valence-corrected chi connectivity index (χ4v) is 2.85. The van der Waals surface area contributed by atoms with Crippen LogP contribution in [-0.2, 0) is 51.0 Å². The molecule has 0 aliphatic carbocycles. The van der Waals surface area contributed by atoms with Crippen LogP contribution in [0, 0.1) is 11.8 Å². The number of hydrogen-bond donors (Lipinski definition) is 0. The minimum Gasteiger partial charge on any atom is -0.465 e. The van der Waals surface area contributed by atoms with Gasteiger partial charge in [-0.25, -0.2) is 0 Å². The molecule has 0 aliphatic rings. The zero-order chi connectivity index (χ0) is 22.5. The normalized spacial score (nSPS) is 10.6. The summed E-state index contributed by atoms with van der Waals surface area (Å²) in [5.41, 5.74) is 1.34. The average molecular weight is 422 g/mol. The van der Waals surface area contributed by atoms with Crippen LogP contribution in [0.2, 0.25) is 0 Å². The lowest BCUT2D eigenvalue weighted by Gasteiger charge is -2.16. The van der Waals surface area contributed by atoms with E-state index >= 15 is 0 Å². The zero-order valence-corrected chi connectivity index (χ0v) is 18.0. The maximum absolute atomic E-state index is 12.2. The summed E-state index contributed by atoms with van der Waals surface area (Å²) in [5.74, 6) is -4.80. The molecule has 1 aromatic rings. The van der Waals surface area contributed by atoms with Crippen LogP contribution in [0.4, 0.5) is 0 Å². The lowest BCUT2D eigenvalue weighted by atomic mass is 9.94. The van der Waals surface area contributed by atoms with Gasteiger partial charge in [-0.15, -0.1) is 0 Å². The SMILES string of the molecule is CCOC(=O)C(Cc1cccc(CC(C(=O)OCC)C(=O)OCC)c1)C(=O)OCC. The van der Waals surface area contributed by atoms with E-state index in [1.165, 1.54) is 0 Å². The largest absolute Gasteiger partial charge is 0.465 e. The third kappa shape index (κ3) is 7.85. The monoisotopic (exact) mass is 422 g/mol. The molecule has 0 atom stereocenters. The molecule has 0 aliphatic heterocycles. The Balaban J connectivity index is 3.05. The van der Waals surface area contributed by atoms with Crippen LogP contribution >= 0.6 is 0 Å². The number of benzene rings is 1. The molecule has 8 nitrogen and oxygen atoms in total. The van der Waals surface area contributed by atoms with Crippen molar-refractivity contribution >= 4 is 23.9 Å². The highest BCUT2D eigenvalue weighted by Crippen LogP contribution is 2.18. The molecule has 1 aromatic carbocycles. The Morgan fingerprint density at radius 1 is 0.633 bits per heavy atom. The fraction of sp³-hybridized carbons (Fsp3) is 0.545. The van der Waals surface area contributed by atoms with Crippen LogP contribution in [0.3, 0.4) is 0 Å². The van der Waals surface area contributed by atoms with E-state index in [1.54, 1.807) is 52.0 Å². The molecule has 0 unspecified atom stereocenters. The molecule has 0 aromatic heterocycles. The van der Waals surface area contributed by atoms with Crippen molar-refractivity contribution in [2.24, 2.45) is 11.8 Å². The van der Waals surface area contributed by atoms with Crippen molar-refractivity contribution < 1.29 is 38.1 Å². The Morgan fingerprint density at radius 2 is 0.933 bits per heavy atom. The molecule has 0 fully saturated rings. The first-order valence-corrected chi connectivity index (χ1v) is 10.1. The second-order valence-electron chi connectivity index (χ2n) is 6.34. The number of carbonyl (C=O) groups excluding carboxylic acids is 4. The Labute approximate surface area is 176 Å². The van der Waals surface area contributed by atoms with Gasteiger partial charge in [0.2, 0.25) is 0 Å². The topological polar surface area (TPSA) is 105 Å². The quantitative estimate of drug-likeness (QED) is 0.287. The second kappa shape index (κ2) is 13.3. The molecular formula is C22H30O8. The number of ether oxygens (including phenoxy) is 4. The fourth-order valence-electron chi connectivity index (χ4n) is 2.85. The van der Waals surface area contributed by atoms with Crippen molar-refractivity contribution in [3.63, 3.8) is 0 Å². The molecule has 0 amide bonds. The summed E-state index contributed by atoms with van der Waals surface area (Å²) < 4.78 is 20.0. The van der Waals surface area contributed by atoms with Gasteiger partial charge in [-0.1, -0.05) is 24.3 Å². The predicted molar refractivity (Wildman–Crippen MR) is 107 cm³/mol. The van der Waals surface area contributed by atoms with E-state index in [0.717, 1.165) is 0 Å². The highest BCUT2D eigenvalue weighted by molar-refractivity contribution is 5.96. The number of esters is 4. The van der Waals surface area contributed by atoms with Gasteiger partial charge < -0.3 is 18.9 Å². The van der Waals surface area contributed by atoms with E-state index in [0.29, 0.717) is 11.1 Å². The third-order valence-electron chi connectivity index (χ3n) is 4.16. The van der Waals surface area contributed by atoms with Crippen molar-refractivity contribution in [3.05, 3.63) is 35.4 Å². The van der Waals surface area contributed by atoms with Crippen molar-refractivity contribution in [3.8, 4) is 0 Å². The number of hydrogen-bond acceptors (Lipinski definition) is 8. The summed E-state index contributed by atoms with van der Waals surface area (Å²) >= 11 is 0. The maximum atomic E-state index is 12.2. The Bertz CT molecular complexity index is 634. The second-order valence-corrected chi connectivity index (χ2v) is 6.34. The standard InChI is InChI=1S/C22H30O8/c1-5-27-19(23)17(20(24)28-6-2)13-15-10-9-11-16(12-15)14-18(21(25)29-7-3)22(26)30-8-4/h9-12,17-18H,5-8,13-14H2,1-4H3. The van der Waals surface area contributed by atoms with Gasteiger partial charge in [-0.3, -0.25) is 19.2 Å². The lowest BCUT2D eigenvalue weighted by Crippen LogP contribution is -2.30. The van der Waals surface area contributed by atoms with E-state index in [9.17, 15) is 19.2 Å². The van der Waals surface area contributed by atoms with Gasteiger partial charge in [0, 0.05) is 0 Å². The van der Waals surface area contributed by atoms with Crippen LogP contribution in [0.5, 0.6) is 0 Å². The van der Waals surface area contributed by atoms with Gasteiger partial charge in [0.15, 0.2) is 11.8 Å². The van der Waals surface area contributed by atoms with E-state index in [1.807, 2.05) is 0 Å². The van der Waals surface area contributed by atoms with Gasteiger partial charge >= 0.3 is 23.9 Å². The molecule has 1 rings (SSSR count). The molecule has 30 heavy (non-hydrogen) atoms. The smallest absolute Gasteiger partial charge is 0.320 e. The van der Waals surface area contributed by atoms with E-state index in [2.05, 4.69) is 0 Å². The van der Waals surface area contributed by atoms with Crippen molar-refractivity contribution in [1.82, 2.24) is 0 Å². The van der Waals surface area contributed by atoms with Crippen LogP contribution in [0.25, 0.3) is 0 Å². The molecule has 0 N–H and O–H groups in total. The lowest BCUT2D eigenvalue weighted by molar-refractivity contribution is -0.163. The zero-order valence-electron chi connectivity index (χ0n) is 18.0. The molecule has 0 bridgehead atoms. The molecular weight excluding hydrogens is 392 g/mol. The van der Waals surface area contributed by atoms with Gasteiger partial charge in [0.05, 0.1) is 26.4 Å². The Kier molecular flexibility index (Phi) is 11.2. The van der Waals surface area contributed by atoms with Crippen LogP contribution in [-0.4, -0.2) is 50.3 Å². The molecule has 8 heteroatoms. The van der Waals surface area contributed by atoms with Crippen molar-refractivity contribution in [1.29, 1.82) is 0 Å². The summed E-state index contributed by atoms with van der Waals surface area (Å²) in [6, 6.07) is 6.96. The Hall–Kier alpha value is -2.90. The van der Waals surface area contributed by atoms with Gasteiger partial charge in [-0.2, -0.15) is 0 Å². The van der Waals surface area contributed by atoms with Gasteiger partial charge in [-0.05, 0) is 51.7 Å². The first-order chi connectivity index (χ1) is 14.4. The van der Waals surface area contributed by atoms with Gasteiger partial charge in [0.25, 0.3) is 0 Å². The van der Waals surface area contributed by atoms with E-state index in [-0.39, 0.29) is 39.3 Å².